The zero-order valence-electron chi connectivity index (χ0n) is 19.9. The maximum Gasteiger partial charge on any atom is 0.222 e. The van der Waals surface area contributed by atoms with E-state index in [0.717, 1.165) is 47.7 Å². The predicted octanol–water partition coefficient (Wildman–Crippen LogP) is 4.57. The summed E-state index contributed by atoms with van der Waals surface area (Å²) in [5.41, 5.74) is 4.22. The molecule has 3 N–H and O–H groups in total. The summed E-state index contributed by atoms with van der Waals surface area (Å²) in [6, 6.07) is 6.47. The molecule has 0 unspecified atom stereocenters. The quantitative estimate of drug-likeness (QED) is 0.403. The van der Waals surface area contributed by atoms with Crippen LogP contribution in [0.15, 0.2) is 30.6 Å². The molecule has 0 aliphatic heterocycles. The number of carbonyl (C=O) groups excluding carboxylic acids is 1. The molecule has 1 aromatic carbocycles. The number of benzene rings is 1. The molecule has 1 fully saturated rings. The second-order valence-corrected chi connectivity index (χ2v) is 9.46. The highest BCUT2D eigenvalue weighted by Gasteiger charge is 2.26. The first-order valence-corrected chi connectivity index (χ1v) is 11.7. The monoisotopic (exact) mass is 463 g/mol. The van der Waals surface area contributed by atoms with E-state index in [1.165, 1.54) is 6.92 Å². The third-order valence-electron chi connectivity index (χ3n) is 6.91. The molecule has 3 aromatic heterocycles. The Kier molecular flexibility index (Phi) is 5.73. The van der Waals surface area contributed by atoms with Gasteiger partial charge in [-0.3, -0.25) is 9.89 Å². The van der Waals surface area contributed by atoms with E-state index in [1.54, 1.807) is 16.8 Å². The molecule has 0 spiro atoms. The lowest BCUT2D eigenvalue weighted by Crippen LogP contribution is -2.36. The Balaban J connectivity index is 1.51. The molecule has 0 saturated heterocycles. The van der Waals surface area contributed by atoms with E-state index in [9.17, 15) is 4.79 Å². The van der Waals surface area contributed by atoms with Crippen molar-refractivity contribution < 1.29 is 9.18 Å². The summed E-state index contributed by atoms with van der Waals surface area (Å²) in [6.45, 7) is 3.26. The second kappa shape index (κ2) is 8.72. The molecule has 1 aliphatic rings. The number of H-pyrrole nitrogens is 1. The van der Waals surface area contributed by atoms with Crippen LogP contribution in [0, 0.1) is 12.7 Å². The molecule has 0 radical (unpaired) electrons. The van der Waals surface area contributed by atoms with Gasteiger partial charge >= 0.3 is 0 Å². The van der Waals surface area contributed by atoms with Crippen LogP contribution in [0.4, 0.5) is 15.9 Å². The van der Waals surface area contributed by atoms with Crippen LogP contribution in [0.5, 0.6) is 0 Å². The van der Waals surface area contributed by atoms with Gasteiger partial charge in [0.25, 0.3) is 0 Å². The molecule has 5 rings (SSSR count). The summed E-state index contributed by atoms with van der Waals surface area (Å²) >= 11 is 0. The SMILES string of the molecule is CC(=O)Nc1cc2cc(-c3c(C)c(F)c(NC4CCC(N(C)C)CC4)c4[nH]ncc34)ccn2n1. The van der Waals surface area contributed by atoms with Crippen LogP contribution in [0.1, 0.15) is 38.2 Å². The molecule has 1 amide bonds. The van der Waals surface area contributed by atoms with Crippen LogP contribution in [-0.4, -0.2) is 56.8 Å². The van der Waals surface area contributed by atoms with Crippen molar-refractivity contribution in [2.24, 2.45) is 0 Å². The van der Waals surface area contributed by atoms with E-state index in [-0.39, 0.29) is 17.8 Å². The van der Waals surface area contributed by atoms with Crippen molar-refractivity contribution in [2.45, 2.75) is 51.6 Å². The van der Waals surface area contributed by atoms with Gasteiger partial charge in [0.05, 0.1) is 22.9 Å². The summed E-state index contributed by atoms with van der Waals surface area (Å²) in [6.07, 6.45) is 7.78. The van der Waals surface area contributed by atoms with Gasteiger partial charge < -0.3 is 15.5 Å². The number of hydrogen-bond donors (Lipinski definition) is 3. The molecule has 1 aliphatic carbocycles. The molecule has 3 heterocycles. The molecule has 8 nitrogen and oxygen atoms in total. The molecule has 34 heavy (non-hydrogen) atoms. The van der Waals surface area contributed by atoms with Crippen molar-refractivity contribution in [1.82, 2.24) is 24.7 Å². The number of carbonyl (C=O) groups is 1. The molecular weight excluding hydrogens is 433 g/mol. The summed E-state index contributed by atoms with van der Waals surface area (Å²) in [7, 11) is 4.24. The highest BCUT2D eigenvalue weighted by Crippen LogP contribution is 2.39. The van der Waals surface area contributed by atoms with E-state index in [4.69, 9.17) is 0 Å². The van der Waals surface area contributed by atoms with Crippen LogP contribution in [0.3, 0.4) is 0 Å². The van der Waals surface area contributed by atoms with Crippen molar-refractivity contribution in [3.8, 4) is 11.1 Å². The lowest BCUT2D eigenvalue weighted by molar-refractivity contribution is -0.114. The largest absolute Gasteiger partial charge is 0.378 e. The van der Waals surface area contributed by atoms with Gasteiger partial charge in [-0.2, -0.15) is 10.2 Å². The molecular formula is C25H30FN7O. The molecule has 9 heteroatoms. The minimum absolute atomic E-state index is 0.181. The first-order valence-electron chi connectivity index (χ1n) is 11.7. The molecule has 0 atom stereocenters. The number of pyridine rings is 1. The number of halogens is 1. The van der Waals surface area contributed by atoms with Gasteiger partial charge in [-0.1, -0.05) is 0 Å². The highest BCUT2D eigenvalue weighted by atomic mass is 19.1. The average molecular weight is 464 g/mol. The average Bonchev–Trinajstić information content (AvgIpc) is 3.43. The van der Waals surface area contributed by atoms with Gasteiger partial charge in [-0.25, -0.2) is 8.91 Å². The predicted molar refractivity (Wildman–Crippen MR) is 133 cm³/mol. The summed E-state index contributed by atoms with van der Waals surface area (Å²) < 4.78 is 17.5. The number of aromatic nitrogens is 4. The highest BCUT2D eigenvalue weighted by molar-refractivity contribution is 6.03. The second-order valence-electron chi connectivity index (χ2n) is 9.46. The number of anilines is 2. The fourth-order valence-corrected chi connectivity index (χ4v) is 5.11. The van der Waals surface area contributed by atoms with Crippen LogP contribution < -0.4 is 10.6 Å². The summed E-state index contributed by atoms with van der Waals surface area (Å²) in [4.78, 5) is 13.7. The van der Waals surface area contributed by atoms with Gasteiger partial charge in [0.1, 0.15) is 0 Å². The van der Waals surface area contributed by atoms with E-state index in [2.05, 4.69) is 44.9 Å². The number of nitrogens with zero attached hydrogens (tertiary/aromatic N) is 4. The fraction of sp³-hybridized carbons (Fsp3) is 0.400. The minimum atomic E-state index is -0.256. The van der Waals surface area contributed by atoms with Crippen molar-refractivity contribution in [3.63, 3.8) is 0 Å². The van der Waals surface area contributed by atoms with Crippen molar-refractivity contribution in [1.29, 1.82) is 0 Å². The first kappa shape index (κ1) is 22.3. The Labute approximate surface area is 197 Å². The fourth-order valence-electron chi connectivity index (χ4n) is 5.11. The van der Waals surface area contributed by atoms with Crippen LogP contribution in [0.2, 0.25) is 0 Å². The molecule has 178 valence electrons. The number of hydrogen-bond acceptors (Lipinski definition) is 5. The molecule has 4 aromatic rings. The zero-order valence-corrected chi connectivity index (χ0v) is 19.9. The maximum absolute atomic E-state index is 15.8. The van der Waals surface area contributed by atoms with Crippen molar-refractivity contribution >= 4 is 33.8 Å². The molecule has 0 bridgehead atoms. The Morgan fingerprint density at radius 1 is 1.24 bits per heavy atom. The van der Waals surface area contributed by atoms with E-state index in [1.807, 2.05) is 25.3 Å². The van der Waals surface area contributed by atoms with Crippen molar-refractivity contribution in [2.75, 3.05) is 24.7 Å². The third-order valence-corrected chi connectivity index (χ3v) is 6.91. The number of fused-ring (bicyclic) bond motifs is 2. The third kappa shape index (κ3) is 4.00. The standard InChI is InChI=1S/C25H30FN7O/c1-14-22(16-9-10-33-19(11-16)12-21(31-33)28-15(2)34)20-13-27-30-24(20)25(23(14)26)29-17-5-7-18(8-6-17)32(3)4/h9-13,17-18,29H,5-8H2,1-4H3,(H,27,30)(H,28,31,34). The van der Waals surface area contributed by atoms with E-state index in [0.29, 0.717) is 28.6 Å². The number of rotatable bonds is 5. The van der Waals surface area contributed by atoms with Crippen molar-refractivity contribution in [3.05, 3.63) is 42.0 Å². The van der Waals surface area contributed by atoms with Crippen LogP contribution in [0.25, 0.3) is 27.5 Å². The lowest BCUT2D eigenvalue weighted by Gasteiger charge is -2.33. The number of aromatic amines is 1. The topological polar surface area (TPSA) is 90.4 Å². The number of nitrogens with one attached hydrogen (secondary N) is 3. The Hall–Kier alpha value is -3.46. The van der Waals surface area contributed by atoms with Crippen LogP contribution in [-0.2, 0) is 4.79 Å². The van der Waals surface area contributed by atoms with Crippen LogP contribution >= 0.6 is 0 Å². The van der Waals surface area contributed by atoms with Gasteiger partial charge in [0.15, 0.2) is 11.6 Å². The zero-order chi connectivity index (χ0) is 24.0. The van der Waals surface area contributed by atoms with Gasteiger partial charge in [0, 0.05) is 36.7 Å². The number of amides is 1. The van der Waals surface area contributed by atoms with E-state index < -0.39 is 0 Å². The minimum Gasteiger partial charge on any atom is -0.378 e. The van der Waals surface area contributed by atoms with E-state index >= 15 is 4.39 Å². The lowest BCUT2D eigenvalue weighted by atomic mass is 9.90. The normalized spacial score (nSPS) is 18.6. The Bertz CT molecular complexity index is 1360. The summed E-state index contributed by atoms with van der Waals surface area (Å²) in [5.74, 6) is 0.0401. The smallest absolute Gasteiger partial charge is 0.222 e. The summed E-state index contributed by atoms with van der Waals surface area (Å²) in [5, 5.41) is 18.7. The molecule has 1 saturated carbocycles. The Morgan fingerprint density at radius 3 is 2.71 bits per heavy atom. The van der Waals surface area contributed by atoms with Gasteiger partial charge in [-0.05, 0) is 75.5 Å². The Morgan fingerprint density at radius 2 is 2.00 bits per heavy atom. The van der Waals surface area contributed by atoms with Gasteiger partial charge in [-0.15, -0.1) is 0 Å². The maximum atomic E-state index is 15.8. The van der Waals surface area contributed by atoms with Gasteiger partial charge in [0.2, 0.25) is 5.91 Å². The first-order chi connectivity index (χ1) is 16.3.